The highest BCUT2D eigenvalue weighted by Crippen LogP contribution is 2.29. The van der Waals surface area contributed by atoms with Gasteiger partial charge in [-0.3, -0.25) is 4.79 Å². The minimum absolute atomic E-state index is 0.251. The normalized spacial score (nSPS) is 11.5. The first-order valence-electron chi connectivity index (χ1n) is 7.71. The summed E-state index contributed by atoms with van der Waals surface area (Å²) in [6, 6.07) is 11.1. The number of benzene rings is 2. The Morgan fingerprint density at radius 3 is 2.38 bits per heavy atom. The molecule has 2 aromatic carbocycles. The summed E-state index contributed by atoms with van der Waals surface area (Å²) >= 11 is 0. The molecule has 0 aliphatic heterocycles. The number of carbonyl (C=O) groups is 1. The van der Waals surface area contributed by atoms with Gasteiger partial charge in [-0.1, -0.05) is 17.7 Å². The quantitative estimate of drug-likeness (QED) is 0.877. The van der Waals surface area contributed by atoms with Crippen molar-refractivity contribution in [2.24, 2.45) is 0 Å². The lowest BCUT2D eigenvalue weighted by Crippen LogP contribution is -2.30. The largest absolute Gasteiger partial charge is 0.497 e. The maximum atomic E-state index is 12.4. The lowest BCUT2D eigenvalue weighted by Gasteiger charge is -2.18. The van der Waals surface area contributed by atoms with Gasteiger partial charge in [-0.15, -0.1) is 0 Å². The summed E-state index contributed by atoms with van der Waals surface area (Å²) in [7, 11) is 3.12. The third kappa shape index (κ3) is 4.19. The van der Waals surface area contributed by atoms with Crippen LogP contribution in [0.3, 0.4) is 0 Å². The van der Waals surface area contributed by atoms with Crippen LogP contribution < -0.4 is 19.5 Å². The van der Waals surface area contributed by atoms with Crippen LogP contribution in [-0.2, 0) is 4.79 Å². The van der Waals surface area contributed by atoms with Gasteiger partial charge in [-0.2, -0.15) is 0 Å². The van der Waals surface area contributed by atoms with E-state index in [9.17, 15) is 4.79 Å². The van der Waals surface area contributed by atoms with Crippen LogP contribution in [0.25, 0.3) is 0 Å². The highest BCUT2D eigenvalue weighted by Gasteiger charge is 2.18. The number of methoxy groups -OCH3 is 2. The molecule has 5 heteroatoms. The molecule has 2 aromatic rings. The molecule has 24 heavy (non-hydrogen) atoms. The van der Waals surface area contributed by atoms with Crippen molar-refractivity contribution in [1.29, 1.82) is 0 Å². The number of nitrogens with one attached hydrogen (secondary N) is 1. The summed E-state index contributed by atoms with van der Waals surface area (Å²) in [6.07, 6.45) is -0.641. The van der Waals surface area contributed by atoms with Gasteiger partial charge < -0.3 is 19.5 Å². The minimum atomic E-state index is -0.641. The van der Waals surface area contributed by atoms with Crippen molar-refractivity contribution in [2.45, 2.75) is 26.9 Å². The molecule has 1 atom stereocenters. The predicted octanol–water partition coefficient (Wildman–Crippen LogP) is 3.73. The van der Waals surface area contributed by atoms with Crippen LogP contribution in [-0.4, -0.2) is 26.2 Å². The number of amides is 1. The predicted molar refractivity (Wildman–Crippen MR) is 94.2 cm³/mol. The average molecular weight is 329 g/mol. The van der Waals surface area contributed by atoms with Crippen molar-refractivity contribution in [3.8, 4) is 17.2 Å². The lowest BCUT2D eigenvalue weighted by molar-refractivity contribution is -0.122. The first-order valence-corrected chi connectivity index (χ1v) is 7.71. The van der Waals surface area contributed by atoms with Crippen molar-refractivity contribution < 1.29 is 19.0 Å². The van der Waals surface area contributed by atoms with Crippen LogP contribution in [0.5, 0.6) is 17.2 Å². The maximum Gasteiger partial charge on any atom is 0.265 e. The van der Waals surface area contributed by atoms with Gasteiger partial charge in [0, 0.05) is 6.07 Å². The van der Waals surface area contributed by atoms with Crippen LogP contribution >= 0.6 is 0 Å². The Morgan fingerprint density at radius 2 is 1.75 bits per heavy atom. The molecule has 0 aliphatic rings. The van der Waals surface area contributed by atoms with Crippen molar-refractivity contribution >= 4 is 11.6 Å². The zero-order chi connectivity index (χ0) is 17.7. The number of aryl methyl sites for hydroxylation is 2. The van der Waals surface area contributed by atoms with E-state index in [0.717, 1.165) is 11.1 Å². The Bertz CT molecular complexity index is 727. The Labute approximate surface area is 142 Å². The molecule has 0 saturated heterocycles. The summed E-state index contributed by atoms with van der Waals surface area (Å²) in [5.41, 5.74) is 2.72. The molecule has 0 aliphatic carbocycles. The number of hydrogen-bond acceptors (Lipinski definition) is 4. The van der Waals surface area contributed by atoms with E-state index in [4.69, 9.17) is 14.2 Å². The van der Waals surface area contributed by atoms with E-state index in [1.807, 2.05) is 32.0 Å². The number of hydrogen-bond donors (Lipinski definition) is 1. The molecule has 1 N–H and O–H groups in total. The van der Waals surface area contributed by atoms with E-state index in [2.05, 4.69) is 5.32 Å². The van der Waals surface area contributed by atoms with Crippen molar-refractivity contribution in [3.63, 3.8) is 0 Å². The van der Waals surface area contributed by atoms with Gasteiger partial charge in [0.25, 0.3) is 5.91 Å². The fourth-order valence-corrected chi connectivity index (χ4v) is 2.31. The molecule has 5 nitrogen and oxygen atoms in total. The average Bonchev–Trinajstić information content (AvgIpc) is 2.57. The van der Waals surface area contributed by atoms with Crippen LogP contribution in [0.4, 0.5) is 5.69 Å². The molecule has 128 valence electrons. The van der Waals surface area contributed by atoms with Crippen LogP contribution in [0.1, 0.15) is 18.1 Å². The van der Waals surface area contributed by atoms with Crippen LogP contribution in [0, 0.1) is 13.8 Å². The van der Waals surface area contributed by atoms with Crippen molar-refractivity contribution in [2.75, 3.05) is 19.5 Å². The molecule has 0 spiro atoms. The third-order valence-electron chi connectivity index (χ3n) is 3.67. The minimum Gasteiger partial charge on any atom is -0.497 e. The fraction of sp³-hybridized carbons (Fsp3) is 0.316. The van der Waals surface area contributed by atoms with Crippen molar-refractivity contribution in [1.82, 2.24) is 0 Å². The van der Waals surface area contributed by atoms with Gasteiger partial charge in [-0.05, 0) is 44.5 Å². The molecule has 1 amide bonds. The molecule has 0 bridgehead atoms. The van der Waals surface area contributed by atoms with E-state index in [0.29, 0.717) is 22.9 Å². The Balaban J connectivity index is 2.08. The van der Waals surface area contributed by atoms with Gasteiger partial charge in [0.15, 0.2) is 6.10 Å². The van der Waals surface area contributed by atoms with Gasteiger partial charge >= 0.3 is 0 Å². The van der Waals surface area contributed by atoms with E-state index in [-0.39, 0.29) is 5.91 Å². The van der Waals surface area contributed by atoms with Crippen LogP contribution in [0.15, 0.2) is 36.4 Å². The van der Waals surface area contributed by atoms with Crippen LogP contribution in [0.2, 0.25) is 0 Å². The summed E-state index contributed by atoms with van der Waals surface area (Å²) in [5.74, 6) is 1.63. The summed E-state index contributed by atoms with van der Waals surface area (Å²) < 4.78 is 16.2. The molecule has 0 fully saturated rings. The van der Waals surface area contributed by atoms with Gasteiger partial charge in [0.1, 0.15) is 17.2 Å². The van der Waals surface area contributed by atoms with E-state index in [1.54, 1.807) is 39.3 Å². The zero-order valence-electron chi connectivity index (χ0n) is 14.7. The highest BCUT2D eigenvalue weighted by molar-refractivity contribution is 5.95. The lowest BCUT2D eigenvalue weighted by atomic mass is 10.1. The van der Waals surface area contributed by atoms with E-state index >= 15 is 0 Å². The summed E-state index contributed by atoms with van der Waals surface area (Å²) in [5, 5.41) is 2.82. The first kappa shape index (κ1) is 17.7. The number of anilines is 1. The molecular weight excluding hydrogens is 306 g/mol. The topological polar surface area (TPSA) is 56.8 Å². The Kier molecular flexibility index (Phi) is 5.68. The standard InChI is InChI=1S/C19H23NO4/c1-12-6-9-17(13(2)10-12)24-14(3)19(21)20-16-8-7-15(22-4)11-18(16)23-5/h6-11,14H,1-5H3,(H,20,21)/t14-/m0/s1. The number of carbonyl (C=O) groups excluding carboxylic acids is 1. The van der Waals surface area contributed by atoms with Gasteiger partial charge in [0.2, 0.25) is 0 Å². The maximum absolute atomic E-state index is 12.4. The summed E-state index contributed by atoms with van der Waals surface area (Å²) in [6.45, 7) is 5.69. The first-order chi connectivity index (χ1) is 11.4. The Morgan fingerprint density at radius 1 is 1.00 bits per heavy atom. The fourth-order valence-electron chi connectivity index (χ4n) is 2.31. The third-order valence-corrected chi connectivity index (χ3v) is 3.67. The molecule has 0 saturated carbocycles. The van der Waals surface area contributed by atoms with E-state index in [1.165, 1.54) is 0 Å². The SMILES string of the molecule is COc1ccc(NC(=O)[C@H](C)Oc2ccc(C)cc2C)c(OC)c1. The second-order valence-corrected chi connectivity index (χ2v) is 5.58. The second kappa shape index (κ2) is 7.73. The van der Waals surface area contributed by atoms with Gasteiger partial charge in [0.05, 0.1) is 19.9 Å². The number of ether oxygens (including phenoxy) is 3. The van der Waals surface area contributed by atoms with Crippen molar-refractivity contribution in [3.05, 3.63) is 47.5 Å². The summed E-state index contributed by atoms with van der Waals surface area (Å²) in [4.78, 5) is 12.4. The second-order valence-electron chi connectivity index (χ2n) is 5.58. The zero-order valence-corrected chi connectivity index (χ0v) is 14.7. The molecule has 0 radical (unpaired) electrons. The Hall–Kier alpha value is -2.69. The molecule has 0 unspecified atom stereocenters. The molecular formula is C19H23NO4. The smallest absolute Gasteiger partial charge is 0.265 e. The highest BCUT2D eigenvalue weighted by atomic mass is 16.5. The van der Waals surface area contributed by atoms with E-state index < -0.39 is 6.10 Å². The molecule has 0 aromatic heterocycles. The molecule has 2 rings (SSSR count). The number of rotatable bonds is 6. The van der Waals surface area contributed by atoms with Gasteiger partial charge in [-0.25, -0.2) is 0 Å². The monoisotopic (exact) mass is 329 g/mol. The molecule has 0 heterocycles.